The number of rotatable bonds is 6. The first kappa shape index (κ1) is 14.7. The van der Waals surface area contributed by atoms with Gasteiger partial charge in [-0.25, -0.2) is 0 Å². The van der Waals surface area contributed by atoms with Crippen LogP contribution in [-0.4, -0.2) is 29.6 Å². The lowest BCUT2D eigenvalue weighted by molar-refractivity contribution is -0.134. The van der Waals surface area contributed by atoms with Crippen LogP contribution in [0.1, 0.15) is 36.8 Å². The highest BCUT2D eigenvalue weighted by atomic mass is 16.5. The van der Waals surface area contributed by atoms with Gasteiger partial charge in [0.25, 0.3) is 0 Å². The molecule has 0 aromatic carbocycles. The van der Waals surface area contributed by atoms with Crippen molar-refractivity contribution in [1.82, 2.24) is 10.1 Å². The van der Waals surface area contributed by atoms with Crippen LogP contribution >= 0.6 is 0 Å². The summed E-state index contributed by atoms with van der Waals surface area (Å²) in [6.07, 6.45) is 1.72. The van der Waals surface area contributed by atoms with E-state index in [1.165, 1.54) is 0 Å². The van der Waals surface area contributed by atoms with Gasteiger partial charge in [-0.1, -0.05) is 12.1 Å². The van der Waals surface area contributed by atoms with Crippen molar-refractivity contribution in [3.8, 4) is 0 Å². The standard InChI is InChI=1S/C13H23N3O2/c1-9(6-5-7-14)13(17)16(4)8-12-10(2)15-18-11(12)3/h9H,5-8,14H2,1-4H3. The molecule has 2 N–H and O–H groups in total. The lowest BCUT2D eigenvalue weighted by atomic mass is 10.0. The number of aromatic nitrogens is 1. The Kier molecular flexibility index (Phi) is 5.34. The molecule has 0 fully saturated rings. The van der Waals surface area contributed by atoms with Crippen LogP contribution < -0.4 is 5.73 Å². The van der Waals surface area contributed by atoms with Gasteiger partial charge in [0.05, 0.1) is 12.2 Å². The maximum absolute atomic E-state index is 12.1. The minimum atomic E-state index is 0.0130. The van der Waals surface area contributed by atoms with Crippen molar-refractivity contribution in [2.75, 3.05) is 13.6 Å². The topological polar surface area (TPSA) is 72.4 Å². The SMILES string of the molecule is Cc1noc(C)c1CN(C)C(=O)C(C)CCCN. The number of hydrogen-bond donors (Lipinski definition) is 1. The Labute approximate surface area is 108 Å². The van der Waals surface area contributed by atoms with Crippen LogP contribution in [0.2, 0.25) is 0 Å². The third kappa shape index (κ3) is 3.57. The number of nitrogens with zero attached hydrogens (tertiary/aromatic N) is 2. The number of hydrogen-bond acceptors (Lipinski definition) is 4. The molecule has 1 unspecified atom stereocenters. The third-order valence-electron chi connectivity index (χ3n) is 3.22. The molecule has 0 spiro atoms. The summed E-state index contributed by atoms with van der Waals surface area (Å²) in [4.78, 5) is 13.9. The van der Waals surface area contributed by atoms with Crippen LogP contribution in [0.25, 0.3) is 0 Å². The largest absolute Gasteiger partial charge is 0.361 e. The summed E-state index contributed by atoms with van der Waals surface area (Å²) in [5, 5.41) is 3.89. The van der Waals surface area contributed by atoms with Crippen molar-refractivity contribution in [2.24, 2.45) is 11.7 Å². The number of carbonyl (C=O) groups is 1. The molecule has 18 heavy (non-hydrogen) atoms. The van der Waals surface area contributed by atoms with E-state index in [9.17, 15) is 4.79 Å². The summed E-state index contributed by atoms with van der Waals surface area (Å²) < 4.78 is 5.10. The Morgan fingerprint density at radius 3 is 2.67 bits per heavy atom. The first-order valence-electron chi connectivity index (χ1n) is 6.34. The number of aryl methyl sites for hydroxylation is 2. The Bertz CT molecular complexity index is 381. The summed E-state index contributed by atoms with van der Waals surface area (Å²) in [5.74, 6) is 0.934. The monoisotopic (exact) mass is 253 g/mol. The Morgan fingerprint density at radius 2 is 2.17 bits per heavy atom. The maximum atomic E-state index is 12.1. The molecule has 0 radical (unpaired) electrons. The normalized spacial score (nSPS) is 12.5. The lowest BCUT2D eigenvalue weighted by Gasteiger charge is -2.21. The highest BCUT2D eigenvalue weighted by Gasteiger charge is 2.19. The summed E-state index contributed by atoms with van der Waals surface area (Å²) in [6, 6.07) is 0. The average molecular weight is 253 g/mol. The van der Waals surface area contributed by atoms with Gasteiger partial charge in [0, 0.05) is 18.5 Å². The quantitative estimate of drug-likeness (QED) is 0.836. The Hall–Kier alpha value is -1.36. The molecule has 0 aliphatic carbocycles. The molecule has 0 bridgehead atoms. The highest BCUT2D eigenvalue weighted by molar-refractivity contribution is 5.78. The minimum absolute atomic E-state index is 0.0130. The predicted octanol–water partition coefficient (Wildman–Crippen LogP) is 1.62. The molecule has 1 heterocycles. The van der Waals surface area contributed by atoms with Crippen LogP contribution in [-0.2, 0) is 11.3 Å². The smallest absolute Gasteiger partial charge is 0.225 e. The van der Waals surface area contributed by atoms with E-state index in [2.05, 4.69) is 5.16 Å². The van der Waals surface area contributed by atoms with Gasteiger partial charge in [-0.2, -0.15) is 0 Å². The van der Waals surface area contributed by atoms with Gasteiger partial charge in [0.1, 0.15) is 5.76 Å². The van der Waals surface area contributed by atoms with E-state index in [1.807, 2.05) is 27.8 Å². The van der Waals surface area contributed by atoms with Crippen molar-refractivity contribution in [1.29, 1.82) is 0 Å². The molecule has 0 aliphatic heterocycles. The highest BCUT2D eigenvalue weighted by Crippen LogP contribution is 2.16. The third-order valence-corrected chi connectivity index (χ3v) is 3.22. The van der Waals surface area contributed by atoms with Gasteiger partial charge in [0.15, 0.2) is 0 Å². The van der Waals surface area contributed by atoms with Crippen LogP contribution in [0, 0.1) is 19.8 Å². The first-order valence-corrected chi connectivity index (χ1v) is 6.34. The van der Waals surface area contributed by atoms with E-state index in [0.717, 1.165) is 29.9 Å². The molecule has 0 aliphatic rings. The number of carbonyl (C=O) groups excluding carboxylic acids is 1. The van der Waals surface area contributed by atoms with Crippen molar-refractivity contribution >= 4 is 5.91 Å². The molecule has 1 amide bonds. The fourth-order valence-corrected chi connectivity index (χ4v) is 1.97. The summed E-state index contributed by atoms with van der Waals surface area (Å²) in [7, 11) is 1.81. The van der Waals surface area contributed by atoms with E-state index in [1.54, 1.807) is 4.90 Å². The van der Waals surface area contributed by atoms with Crippen molar-refractivity contribution < 1.29 is 9.32 Å². The number of nitrogens with two attached hydrogens (primary N) is 1. The van der Waals surface area contributed by atoms with E-state index in [-0.39, 0.29) is 11.8 Å². The Morgan fingerprint density at radius 1 is 1.50 bits per heavy atom. The first-order chi connectivity index (χ1) is 8.47. The van der Waals surface area contributed by atoms with E-state index < -0.39 is 0 Å². The second kappa shape index (κ2) is 6.54. The molecule has 1 aromatic rings. The summed E-state index contributed by atoms with van der Waals surface area (Å²) in [5.41, 5.74) is 7.30. The van der Waals surface area contributed by atoms with Gasteiger partial charge in [0.2, 0.25) is 5.91 Å². The number of amides is 1. The van der Waals surface area contributed by atoms with Crippen molar-refractivity contribution in [3.05, 3.63) is 17.0 Å². The fourth-order valence-electron chi connectivity index (χ4n) is 1.97. The molecular weight excluding hydrogens is 230 g/mol. The van der Waals surface area contributed by atoms with Crippen LogP contribution in [0.4, 0.5) is 0 Å². The lowest BCUT2D eigenvalue weighted by Crippen LogP contribution is -2.31. The maximum Gasteiger partial charge on any atom is 0.225 e. The molecule has 0 saturated heterocycles. The van der Waals surface area contributed by atoms with Gasteiger partial charge >= 0.3 is 0 Å². The Balaban J connectivity index is 2.60. The van der Waals surface area contributed by atoms with Crippen molar-refractivity contribution in [2.45, 2.75) is 40.2 Å². The van der Waals surface area contributed by atoms with E-state index >= 15 is 0 Å². The van der Waals surface area contributed by atoms with Gasteiger partial charge in [-0.3, -0.25) is 4.79 Å². The fraction of sp³-hybridized carbons (Fsp3) is 0.692. The van der Waals surface area contributed by atoms with Crippen molar-refractivity contribution in [3.63, 3.8) is 0 Å². The summed E-state index contributed by atoms with van der Waals surface area (Å²) >= 11 is 0. The minimum Gasteiger partial charge on any atom is -0.361 e. The second-order valence-electron chi connectivity index (χ2n) is 4.83. The molecule has 1 aromatic heterocycles. The molecule has 1 atom stereocenters. The molecule has 5 nitrogen and oxygen atoms in total. The van der Waals surface area contributed by atoms with E-state index in [0.29, 0.717) is 13.1 Å². The second-order valence-corrected chi connectivity index (χ2v) is 4.83. The zero-order valence-electron chi connectivity index (χ0n) is 11.7. The molecule has 102 valence electrons. The van der Waals surface area contributed by atoms with Crippen LogP contribution in [0.3, 0.4) is 0 Å². The predicted molar refractivity (Wildman–Crippen MR) is 69.9 cm³/mol. The van der Waals surface area contributed by atoms with E-state index in [4.69, 9.17) is 10.3 Å². The zero-order valence-corrected chi connectivity index (χ0v) is 11.7. The van der Waals surface area contributed by atoms with Gasteiger partial charge in [-0.15, -0.1) is 0 Å². The van der Waals surface area contributed by atoms with Gasteiger partial charge < -0.3 is 15.2 Å². The molecular formula is C13H23N3O2. The van der Waals surface area contributed by atoms with Gasteiger partial charge in [-0.05, 0) is 33.2 Å². The summed E-state index contributed by atoms with van der Waals surface area (Å²) in [6.45, 7) is 6.88. The molecule has 5 heteroatoms. The average Bonchev–Trinajstić information content (AvgIpc) is 2.66. The zero-order chi connectivity index (χ0) is 13.7. The molecule has 0 saturated carbocycles. The molecule has 1 rings (SSSR count). The van der Waals surface area contributed by atoms with Crippen LogP contribution in [0.5, 0.6) is 0 Å². The van der Waals surface area contributed by atoms with Crippen LogP contribution in [0.15, 0.2) is 4.52 Å².